The van der Waals surface area contributed by atoms with E-state index in [0.29, 0.717) is 5.69 Å². The largest absolute Gasteiger partial charge is 0.325 e. The molecule has 1 amide bonds. The van der Waals surface area contributed by atoms with Gasteiger partial charge in [-0.15, -0.1) is 0 Å². The second-order valence-electron chi connectivity index (χ2n) is 6.93. The van der Waals surface area contributed by atoms with Gasteiger partial charge in [-0.1, -0.05) is 41.7 Å². The Bertz CT molecular complexity index is 1440. The SMILES string of the molecule is CN(CC(=O)Nc1ccc2c(c1)sc(=O)n2C)S(=O)(=O)c1ccc2ccccc2c1. The molecule has 0 unspecified atom stereocenters. The number of nitrogens with one attached hydrogen (secondary N) is 1. The van der Waals surface area contributed by atoms with Gasteiger partial charge in [0.05, 0.1) is 21.7 Å². The Balaban J connectivity index is 1.51. The molecule has 0 aliphatic carbocycles. The molecule has 3 aromatic carbocycles. The Labute approximate surface area is 177 Å². The first-order chi connectivity index (χ1) is 14.3. The average molecular weight is 442 g/mol. The number of benzene rings is 3. The Morgan fingerprint density at radius 1 is 1.07 bits per heavy atom. The Morgan fingerprint density at radius 3 is 2.57 bits per heavy atom. The van der Waals surface area contributed by atoms with Crippen molar-refractivity contribution in [3.05, 3.63) is 70.3 Å². The number of carbonyl (C=O) groups is 1. The molecule has 1 heterocycles. The zero-order valence-corrected chi connectivity index (χ0v) is 18.0. The summed E-state index contributed by atoms with van der Waals surface area (Å²) in [5, 5.41) is 4.45. The van der Waals surface area contributed by atoms with Crippen LogP contribution in [-0.4, -0.2) is 36.8 Å². The first-order valence-corrected chi connectivity index (χ1v) is 11.4. The summed E-state index contributed by atoms with van der Waals surface area (Å²) in [6, 6.07) is 17.5. The molecular formula is C21H19N3O4S2. The van der Waals surface area contributed by atoms with Crippen LogP contribution < -0.4 is 10.2 Å². The maximum atomic E-state index is 12.9. The van der Waals surface area contributed by atoms with Gasteiger partial charge in [-0.05, 0) is 41.1 Å². The van der Waals surface area contributed by atoms with E-state index in [9.17, 15) is 18.0 Å². The number of carbonyl (C=O) groups excluding carboxylic acids is 1. The number of sulfonamides is 1. The molecular weight excluding hydrogens is 422 g/mol. The lowest BCUT2D eigenvalue weighted by Crippen LogP contribution is -2.34. The highest BCUT2D eigenvalue weighted by Crippen LogP contribution is 2.23. The van der Waals surface area contributed by atoms with Crippen LogP contribution in [0, 0.1) is 0 Å². The highest BCUT2D eigenvalue weighted by Gasteiger charge is 2.23. The van der Waals surface area contributed by atoms with Crippen molar-refractivity contribution in [3.63, 3.8) is 0 Å². The third-order valence-corrected chi connectivity index (χ3v) is 7.67. The quantitative estimate of drug-likeness (QED) is 0.516. The second-order valence-corrected chi connectivity index (χ2v) is 9.97. The van der Waals surface area contributed by atoms with Crippen molar-refractivity contribution in [2.75, 3.05) is 18.9 Å². The van der Waals surface area contributed by atoms with Crippen molar-refractivity contribution < 1.29 is 13.2 Å². The van der Waals surface area contributed by atoms with Crippen LogP contribution in [-0.2, 0) is 21.9 Å². The zero-order valence-electron chi connectivity index (χ0n) is 16.3. The number of hydrogen-bond donors (Lipinski definition) is 1. The minimum atomic E-state index is -3.82. The zero-order chi connectivity index (χ0) is 21.5. The number of amides is 1. The third kappa shape index (κ3) is 3.74. The summed E-state index contributed by atoms with van der Waals surface area (Å²) < 4.78 is 29.1. The molecule has 30 heavy (non-hydrogen) atoms. The fraction of sp³-hybridized carbons (Fsp3) is 0.143. The molecule has 0 atom stereocenters. The summed E-state index contributed by atoms with van der Waals surface area (Å²) in [5.41, 5.74) is 1.28. The summed E-state index contributed by atoms with van der Waals surface area (Å²) in [4.78, 5) is 24.2. The highest BCUT2D eigenvalue weighted by atomic mass is 32.2. The minimum Gasteiger partial charge on any atom is -0.325 e. The van der Waals surface area contributed by atoms with Gasteiger partial charge in [0.2, 0.25) is 15.9 Å². The number of nitrogens with zero attached hydrogens (tertiary/aromatic N) is 2. The van der Waals surface area contributed by atoms with E-state index >= 15 is 0 Å². The molecule has 0 radical (unpaired) electrons. The lowest BCUT2D eigenvalue weighted by molar-refractivity contribution is -0.116. The van der Waals surface area contributed by atoms with Gasteiger partial charge in [0.1, 0.15) is 0 Å². The predicted octanol–water partition coefficient (Wildman–Crippen LogP) is 3.01. The smallest absolute Gasteiger partial charge is 0.307 e. The molecule has 4 rings (SSSR count). The first kappa shape index (κ1) is 20.3. The number of likely N-dealkylation sites (N-methyl/N-ethyl adjacent to an activating group) is 1. The van der Waals surface area contributed by atoms with Crippen LogP contribution in [0.4, 0.5) is 5.69 Å². The highest BCUT2D eigenvalue weighted by molar-refractivity contribution is 7.89. The van der Waals surface area contributed by atoms with E-state index in [1.54, 1.807) is 37.4 Å². The van der Waals surface area contributed by atoms with Crippen LogP contribution >= 0.6 is 11.3 Å². The topological polar surface area (TPSA) is 88.5 Å². The van der Waals surface area contributed by atoms with Gasteiger partial charge < -0.3 is 9.88 Å². The van der Waals surface area contributed by atoms with E-state index < -0.39 is 15.9 Å². The van der Waals surface area contributed by atoms with E-state index in [2.05, 4.69) is 5.32 Å². The molecule has 0 bridgehead atoms. The number of aromatic nitrogens is 1. The van der Waals surface area contributed by atoms with Crippen molar-refractivity contribution in [2.45, 2.75) is 4.90 Å². The Kier molecular flexibility index (Phi) is 5.19. The molecule has 0 fully saturated rings. The van der Waals surface area contributed by atoms with Crippen LogP contribution in [0.3, 0.4) is 0 Å². The monoisotopic (exact) mass is 441 g/mol. The molecule has 7 nitrogen and oxygen atoms in total. The van der Waals surface area contributed by atoms with Crippen LogP contribution in [0.25, 0.3) is 21.0 Å². The van der Waals surface area contributed by atoms with E-state index in [-0.39, 0.29) is 16.3 Å². The maximum Gasteiger partial charge on any atom is 0.307 e. The molecule has 1 aromatic heterocycles. The fourth-order valence-corrected chi connectivity index (χ4v) is 5.29. The molecule has 0 aliphatic heterocycles. The van der Waals surface area contributed by atoms with E-state index in [4.69, 9.17) is 0 Å². The number of fused-ring (bicyclic) bond motifs is 2. The van der Waals surface area contributed by atoms with Gasteiger partial charge >= 0.3 is 4.87 Å². The summed E-state index contributed by atoms with van der Waals surface area (Å²) in [5.74, 6) is -0.468. The van der Waals surface area contributed by atoms with Crippen molar-refractivity contribution in [3.8, 4) is 0 Å². The average Bonchev–Trinajstić information content (AvgIpc) is 3.00. The molecule has 0 spiro atoms. The second kappa shape index (κ2) is 7.67. The minimum absolute atomic E-state index is 0.0883. The Morgan fingerprint density at radius 2 is 1.80 bits per heavy atom. The molecule has 4 aromatic rings. The molecule has 0 aliphatic rings. The summed E-state index contributed by atoms with van der Waals surface area (Å²) in [7, 11) is -0.767. The standard InChI is InChI=1S/C21H19N3O4S2/c1-23(30(27,28)17-9-7-14-5-3-4-6-15(14)11-17)13-20(25)22-16-8-10-18-19(12-16)29-21(26)24(18)2/h3-12H,13H2,1-2H3,(H,22,25). The number of rotatable bonds is 5. The Hall–Kier alpha value is -3.01. The van der Waals surface area contributed by atoms with Crippen LogP contribution in [0.15, 0.2) is 70.4 Å². The number of thiazole rings is 1. The summed E-state index contributed by atoms with van der Waals surface area (Å²) in [6.45, 7) is -0.335. The van der Waals surface area contributed by atoms with Gasteiger partial charge in [-0.25, -0.2) is 8.42 Å². The van der Waals surface area contributed by atoms with Gasteiger partial charge in [0, 0.05) is 19.8 Å². The van der Waals surface area contributed by atoms with Crippen molar-refractivity contribution in [1.29, 1.82) is 0 Å². The van der Waals surface area contributed by atoms with Crippen LogP contribution in [0.5, 0.6) is 0 Å². The van der Waals surface area contributed by atoms with Crippen molar-refractivity contribution in [1.82, 2.24) is 8.87 Å². The lowest BCUT2D eigenvalue weighted by atomic mass is 10.1. The molecule has 0 saturated heterocycles. The molecule has 154 valence electrons. The predicted molar refractivity (Wildman–Crippen MR) is 119 cm³/mol. The molecule has 0 saturated carbocycles. The van der Waals surface area contributed by atoms with Crippen LogP contribution in [0.1, 0.15) is 0 Å². The summed E-state index contributed by atoms with van der Waals surface area (Å²) in [6.07, 6.45) is 0. The molecule has 1 N–H and O–H groups in total. The van der Waals surface area contributed by atoms with Gasteiger partial charge in [0.25, 0.3) is 0 Å². The number of anilines is 1. The third-order valence-electron chi connectivity index (χ3n) is 4.87. The fourth-order valence-electron chi connectivity index (χ4n) is 3.21. The van der Waals surface area contributed by atoms with E-state index in [1.165, 1.54) is 17.7 Å². The van der Waals surface area contributed by atoms with Crippen molar-refractivity contribution in [2.24, 2.45) is 7.05 Å². The van der Waals surface area contributed by atoms with E-state index in [1.807, 2.05) is 24.3 Å². The number of aryl methyl sites for hydroxylation is 1. The maximum absolute atomic E-state index is 12.9. The van der Waals surface area contributed by atoms with Crippen LogP contribution in [0.2, 0.25) is 0 Å². The first-order valence-electron chi connectivity index (χ1n) is 9.10. The van der Waals surface area contributed by atoms with E-state index in [0.717, 1.165) is 36.6 Å². The van der Waals surface area contributed by atoms with Crippen molar-refractivity contribution >= 4 is 53.9 Å². The number of hydrogen-bond acceptors (Lipinski definition) is 5. The van der Waals surface area contributed by atoms with Gasteiger partial charge in [-0.2, -0.15) is 4.31 Å². The molecule has 9 heteroatoms. The van der Waals surface area contributed by atoms with Gasteiger partial charge in [-0.3, -0.25) is 9.59 Å². The normalized spacial score (nSPS) is 12.0. The summed E-state index contributed by atoms with van der Waals surface area (Å²) >= 11 is 1.09. The van der Waals surface area contributed by atoms with Gasteiger partial charge in [0.15, 0.2) is 0 Å². The lowest BCUT2D eigenvalue weighted by Gasteiger charge is -2.17.